The number of carbonyl (C=O) groups is 1. The number of nitrogens with zero attached hydrogens (tertiary/aromatic N) is 1. The Balaban J connectivity index is 2.11. The molecule has 1 aromatic carbocycles. The third-order valence-electron chi connectivity index (χ3n) is 4.35. The van der Waals surface area contributed by atoms with Crippen LogP contribution in [0.2, 0.25) is 0 Å². The van der Waals surface area contributed by atoms with E-state index in [1.54, 1.807) is 4.57 Å². The van der Waals surface area contributed by atoms with Crippen molar-refractivity contribution in [3.05, 3.63) is 49.8 Å². The second-order valence-electron chi connectivity index (χ2n) is 7.82. The minimum Gasteiger partial charge on any atom is -0.493 e. The molecule has 2 rings (SSSR count). The van der Waals surface area contributed by atoms with E-state index in [4.69, 9.17) is 17.3 Å². The van der Waals surface area contributed by atoms with Crippen molar-refractivity contribution >= 4 is 35.6 Å². The molecular weight excluding hydrogens is 378 g/mol. The Hall–Kier alpha value is -1.92. The van der Waals surface area contributed by atoms with E-state index in [0.717, 1.165) is 16.9 Å². The van der Waals surface area contributed by atoms with Gasteiger partial charge in [-0.25, -0.2) is 0 Å². The molecule has 2 N–H and O–H groups in total. The van der Waals surface area contributed by atoms with Crippen LogP contribution < -0.4 is 0 Å². The maximum atomic E-state index is 10.7. The summed E-state index contributed by atoms with van der Waals surface area (Å²) in [6.07, 6.45) is 3.26. The zero-order chi connectivity index (χ0) is 20.2. The summed E-state index contributed by atoms with van der Waals surface area (Å²) in [6.45, 7) is 9.05. The number of carboxylic acid groups (broad SMARTS) is 1. The number of carboxylic acids is 1. The number of hydrogen-bond acceptors (Lipinski definition) is 4. The molecular formula is C21H27NO3S2. The van der Waals surface area contributed by atoms with Gasteiger partial charge in [0.05, 0.1) is 4.88 Å². The minimum absolute atomic E-state index is 0.0613. The van der Waals surface area contributed by atoms with Gasteiger partial charge in [-0.1, -0.05) is 50.6 Å². The van der Waals surface area contributed by atoms with Crippen LogP contribution in [0.1, 0.15) is 56.5 Å². The number of benzene rings is 1. The Morgan fingerprint density at radius 1 is 1.26 bits per heavy atom. The third-order valence-corrected chi connectivity index (χ3v) is 5.73. The van der Waals surface area contributed by atoms with Crippen molar-refractivity contribution in [2.75, 3.05) is 0 Å². The maximum absolute atomic E-state index is 10.7. The van der Waals surface area contributed by atoms with Gasteiger partial charge in [-0.3, -0.25) is 9.36 Å². The molecule has 0 fully saturated rings. The van der Waals surface area contributed by atoms with Crippen LogP contribution in [0, 0.1) is 3.95 Å². The molecule has 0 amide bonds. The van der Waals surface area contributed by atoms with E-state index in [1.807, 2.05) is 13.0 Å². The number of hydrogen-bond donors (Lipinski definition) is 2. The predicted molar refractivity (Wildman–Crippen MR) is 114 cm³/mol. The van der Waals surface area contributed by atoms with Crippen molar-refractivity contribution in [3.63, 3.8) is 0 Å². The number of allylic oxidation sites excluding steroid dienone is 1. The second-order valence-corrected chi connectivity index (χ2v) is 9.49. The highest BCUT2D eigenvalue weighted by molar-refractivity contribution is 7.73. The molecule has 0 unspecified atom stereocenters. The van der Waals surface area contributed by atoms with Crippen molar-refractivity contribution in [3.8, 4) is 5.88 Å². The van der Waals surface area contributed by atoms with E-state index in [0.29, 0.717) is 16.9 Å². The smallest absolute Gasteiger partial charge is 0.303 e. The lowest BCUT2D eigenvalue weighted by Crippen LogP contribution is -2.10. The van der Waals surface area contributed by atoms with Crippen LogP contribution in [0.3, 0.4) is 0 Å². The zero-order valence-corrected chi connectivity index (χ0v) is 17.9. The first kappa shape index (κ1) is 21.4. The van der Waals surface area contributed by atoms with Gasteiger partial charge in [0, 0.05) is 13.0 Å². The van der Waals surface area contributed by atoms with Crippen molar-refractivity contribution in [1.82, 2.24) is 4.57 Å². The van der Waals surface area contributed by atoms with Gasteiger partial charge in [0.25, 0.3) is 0 Å². The van der Waals surface area contributed by atoms with Gasteiger partial charge in [-0.15, -0.1) is 11.3 Å². The minimum atomic E-state index is -0.843. The second kappa shape index (κ2) is 8.85. The summed E-state index contributed by atoms with van der Waals surface area (Å²) >= 11 is 6.66. The molecule has 1 aromatic heterocycles. The van der Waals surface area contributed by atoms with Crippen LogP contribution in [-0.4, -0.2) is 20.7 Å². The zero-order valence-electron chi connectivity index (χ0n) is 16.3. The molecule has 146 valence electrons. The SMILES string of the molecule is CC(=Cc1sc(=S)n(CCCC(=O)O)c1O)Cc1ccc(C(C)(C)C)cc1. The maximum Gasteiger partial charge on any atom is 0.303 e. The monoisotopic (exact) mass is 405 g/mol. The van der Waals surface area contributed by atoms with E-state index < -0.39 is 5.97 Å². The van der Waals surface area contributed by atoms with Crippen molar-refractivity contribution in [1.29, 1.82) is 0 Å². The molecule has 0 aliphatic heterocycles. The van der Waals surface area contributed by atoms with Gasteiger partial charge < -0.3 is 10.2 Å². The Bertz CT molecular complexity index is 884. The van der Waals surface area contributed by atoms with E-state index in [-0.39, 0.29) is 17.7 Å². The fourth-order valence-corrected chi connectivity index (χ4v) is 4.20. The molecule has 27 heavy (non-hydrogen) atoms. The Kier molecular flexibility index (Phi) is 7.00. The summed E-state index contributed by atoms with van der Waals surface area (Å²) in [4.78, 5) is 11.4. The van der Waals surface area contributed by atoms with Crippen molar-refractivity contribution in [2.45, 2.75) is 58.9 Å². The molecule has 4 nitrogen and oxygen atoms in total. The molecule has 0 atom stereocenters. The lowest BCUT2D eigenvalue weighted by molar-refractivity contribution is -0.137. The summed E-state index contributed by atoms with van der Waals surface area (Å²) in [7, 11) is 0. The summed E-state index contributed by atoms with van der Waals surface area (Å²) in [5.41, 5.74) is 3.80. The molecule has 0 aliphatic rings. The van der Waals surface area contributed by atoms with Gasteiger partial charge in [0.1, 0.15) is 0 Å². The summed E-state index contributed by atoms with van der Waals surface area (Å²) in [5.74, 6) is -0.720. The largest absolute Gasteiger partial charge is 0.493 e. The number of aromatic nitrogens is 1. The first-order valence-electron chi connectivity index (χ1n) is 8.99. The molecule has 6 heteroatoms. The van der Waals surface area contributed by atoms with Crippen molar-refractivity contribution < 1.29 is 15.0 Å². The highest BCUT2D eigenvalue weighted by Crippen LogP contribution is 2.29. The normalized spacial score (nSPS) is 12.4. The topological polar surface area (TPSA) is 62.5 Å². The lowest BCUT2D eigenvalue weighted by atomic mass is 9.86. The predicted octanol–water partition coefficient (Wildman–Crippen LogP) is 5.79. The number of thiazole rings is 1. The average molecular weight is 406 g/mol. The van der Waals surface area contributed by atoms with Crippen LogP contribution in [0.15, 0.2) is 29.8 Å². The fraction of sp³-hybridized carbons (Fsp3) is 0.429. The Labute approximate surface area is 169 Å². The van der Waals surface area contributed by atoms with Crippen LogP contribution in [0.4, 0.5) is 0 Å². The Morgan fingerprint density at radius 3 is 2.44 bits per heavy atom. The molecule has 1 heterocycles. The first-order chi connectivity index (χ1) is 12.6. The van der Waals surface area contributed by atoms with E-state index in [1.165, 1.54) is 22.5 Å². The fourth-order valence-electron chi connectivity index (χ4n) is 2.81. The summed E-state index contributed by atoms with van der Waals surface area (Å²) < 4.78 is 2.17. The number of aliphatic carboxylic acids is 1. The van der Waals surface area contributed by atoms with Crippen LogP contribution >= 0.6 is 23.6 Å². The molecule has 0 aliphatic carbocycles. The highest BCUT2D eigenvalue weighted by atomic mass is 32.1. The standard InChI is InChI=1S/C21H27NO3S2/c1-14(12-15-7-9-16(10-8-15)21(2,3)4)13-17-19(25)22(20(26)27-17)11-5-6-18(23)24/h7-10,13,25H,5-6,11-12H2,1-4H3,(H,23,24). The van der Waals surface area contributed by atoms with Crippen LogP contribution in [-0.2, 0) is 23.2 Å². The highest BCUT2D eigenvalue weighted by Gasteiger charge is 2.13. The number of aromatic hydroxyl groups is 1. The van der Waals surface area contributed by atoms with E-state index in [9.17, 15) is 9.90 Å². The average Bonchev–Trinajstić information content (AvgIpc) is 2.81. The van der Waals surface area contributed by atoms with Crippen LogP contribution in [0.25, 0.3) is 6.08 Å². The molecule has 0 bridgehead atoms. The number of rotatable bonds is 7. The first-order valence-corrected chi connectivity index (χ1v) is 10.2. The molecule has 0 spiro atoms. The van der Waals surface area contributed by atoms with E-state index in [2.05, 4.69) is 45.0 Å². The molecule has 2 aromatic rings. The van der Waals surface area contributed by atoms with Gasteiger partial charge >= 0.3 is 5.97 Å². The van der Waals surface area contributed by atoms with E-state index >= 15 is 0 Å². The lowest BCUT2D eigenvalue weighted by Gasteiger charge is -2.19. The molecule has 0 saturated carbocycles. The van der Waals surface area contributed by atoms with Gasteiger partial charge in [-0.2, -0.15) is 0 Å². The summed E-state index contributed by atoms with van der Waals surface area (Å²) in [5, 5.41) is 19.2. The molecule has 0 saturated heterocycles. The Morgan fingerprint density at radius 2 is 1.89 bits per heavy atom. The van der Waals surface area contributed by atoms with Gasteiger partial charge in [-0.05, 0) is 54.6 Å². The third kappa shape index (κ3) is 6.04. The van der Waals surface area contributed by atoms with Gasteiger partial charge in [0.2, 0.25) is 5.88 Å². The van der Waals surface area contributed by atoms with Crippen LogP contribution in [0.5, 0.6) is 5.88 Å². The summed E-state index contributed by atoms with van der Waals surface area (Å²) in [6, 6.07) is 8.64. The van der Waals surface area contributed by atoms with Gasteiger partial charge in [0.15, 0.2) is 3.95 Å². The quantitative estimate of drug-likeness (QED) is 0.572. The van der Waals surface area contributed by atoms with Crippen molar-refractivity contribution in [2.24, 2.45) is 0 Å². The molecule has 0 radical (unpaired) electrons.